The van der Waals surface area contributed by atoms with Gasteiger partial charge in [0.15, 0.2) is 0 Å². The molecule has 11 heavy (non-hydrogen) atoms. The summed E-state index contributed by atoms with van der Waals surface area (Å²) in [4.78, 5) is 3.91. The molecular formula is C8H11N3. The molecule has 0 amide bonds. The molecule has 0 aliphatic carbocycles. The molecule has 1 aromatic heterocycles. The van der Waals surface area contributed by atoms with Gasteiger partial charge >= 0.3 is 0 Å². The van der Waals surface area contributed by atoms with E-state index in [1.165, 1.54) is 0 Å². The summed E-state index contributed by atoms with van der Waals surface area (Å²) in [6.07, 6.45) is 4.92. The molecule has 0 saturated carbocycles. The summed E-state index contributed by atoms with van der Waals surface area (Å²) in [7, 11) is 0. The lowest BCUT2D eigenvalue weighted by Crippen LogP contribution is -2.09. The van der Waals surface area contributed by atoms with Gasteiger partial charge in [-0.05, 0) is 6.07 Å². The van der Waals surface area contributed by atoms with E-state index in [1.807, 2.05) is 0 Å². The number of nitrogen functional groups attached to an aromatic ring is 1. The number of nitrogens with two attached hydrogens (primary N) is 2. The second-order valence-corrected chi connectivity index (χ2v) is 2.27. The van der Waals surface area contributed by atoms with Crippen molar-refractivity contribution < 1.29 is 0 Å². The van der Waals surface area contributed by atoms with Gasteiger partial charge in [0.25, 0.3) is 0 Å². The lowest BCUT2D eigenvalue weighted by atomic mass is 10.1. The summed E-state index contributed by atoms with van der Waals surface area (Å²) in [6, 6.07) is 1.50. The van der Waals surface area contributed by atoms with Gasteiger partial charge in [-0.3, -0.25) is 4.98 Å². The minimum atomic E-state index is -0.219. The van der Waals surface area contributed by atoms with E-state index in [9.17, 15) is 0 Å². The number of pyridine rings is 1. The molecule has 58 valence electrons. The standard InChI is InChI=1S/C8H11N3/c1-2-7(9)6-5-11-4-3-8(6)10/h2-5,7H,1,9H2,(H2,10,11)/t7-/m1/s1. The monoisotopic (exact) mass is 149 g/mol. The van der Waals surface area contributed by atoms with E-state index in [0.717, 1.165) is 5.56 Å². The predicted molar refractivity (Wildman–Crippen MR) is 45.8 cm³/mol. The Morgan fingerprint density at radius 1 is 1.64 bits per heavy atom. The van der Waals surface area contributed by atoms with Gasteiger partial charge in [0, 0.05) is 23.6 Å². The maximum Gasteiger partial charge on any atom is 0.0514 e. The third-order valence-electron chi connectivity index (χ3n) is 1.50. The highest BCUT2D eigenvalue weighted by Crippen LogP contribution is 2.16. The van der Waals surface area contributed by atoms with Crippen molar-refractivity contribution in [3.63, 3.8) is 0 Å². The Morgan fingerprint density at radius 3 is 2.91 bits per heavy atom. The molecule has 0 radical (unpaired) electrons. The number of hydrogen-bond donors (Lipinski definition) is 2. The fourth-order valence-electron chi connectivity index (χ4n) is 0.823. The fraction of sp³-hybridized carbons (Fsp3) is 0.125. The second kappa shape index (κ2) is 3.16. The largest absolute Gasteiger partial charge is 0.398 e. The number of aromatic nitrogens is 1. The first kappa shape index (κ1) is 7.75. The topological polar surface area (TPSA) is 64.9 Å². The minimum absolute atomic E-state index is 0.219. The SMILES string of the molecule is C=C[C@@H](N)c1cnccc1N. The first-order chi connectivity index (χ1) is 5.25. The molecule has 3 heteroatoms. The van der Waals surface area contributed by atoms with Crippen molar-refractivity contribution in [2.24, 2.45) is 5.73 Å². The molecule has 0 saturated heterocycles. The zero-order valence-corrected chi connectivity index (χ0v) is 6.20. The van der Waals surface area contributed by atoms with E-state index >= 15 is 0 Å². The molecule has 0 fully saturated rings. The van der Waals surface area contributed by atoms with Gasteiger partial charge in [-0.2, -0.15) is 0 Å². The van der Waals surface area contributed by atoms with Crippen molar-refractivity contribution in [2.75, 3.05) is 5.73 Å². The second-order valence-electron chi connectivity index (χ2n) is 2.27. The van der Waals surface area contributed by atoms with Crippen LogP contribution in [0, 0.1) is 0 Å². The summed E-state index contributed by atoms with van der Waals surface area (Å²) < 4.78 is 0. The van der Waals surface area contributed by atoms with Crippen LogP contribution in [0.25, 0.3) is 0 Å². The third kappa shape index (κ3) is 1.56. The van der Waals surface area contributed by atoms with Crippen LogP contribution in [0.5, 0.6) is 0 Å². The van der Waals surface area contributed by atoms with Crippen LogP contribution in [0.3, 0.4) is 0 Å². The van der Waals surface area contributed by atoms with E-state index in [-0.39, 0.29) is 6.04 Å². The Labute approximate surface area is 65.7 Å². The molecule has 3 nitrogen and oxygen atoms in total. The molecule has 0 spiro atoms. The van der Waals surface area contributed by atoms with Crippen LogP contribution in [-0.4, -0.2) is 4.98 Å². The van der Waals surface area contributed by atoms with E-state index < -0.39 is 0 Å². The number of nitrogens with zero attached hydrogens (tertiary/aromatic N) is 1. The minimum Gasteiger partial charge on any atom is -0.398 e. The van der Waals surface area contributed by atoms with Crippen LogP contribution in [0.2, 0.25) is 0 Å². The molecule has 0 aliphatic heterocycles. The molecule has 1 atom stereocenters. The van der Waals surface area contributed by atoms with Crippen LogP contribution >= 0.6 is 0 Å². The average molecular weight is 149 g/mol. The zero-order chi connectivity index (χ0) is 8.27. The Kier molecular flexibility index (Phi) is 2.23. The molecule has 4 N–H and O–H groups in total. The highest BCUT2D eigenvalue weighted by atomic mass is 14.7. The fourth-order valence-corrected chi connectivity index (χ4v) is 0.823. The van der Waals surface area contributed by atoms with Gasteiger partial charge in [-0.15, -0.1) is 6.58 Å². The van der Waals surface area contributed by atoms with Gasteiger partial charge in [-0.1, -0.05) is 6.08 Å². The van der Waals surface area contributed by atoms with Gasteiger partial charge < -0.3 is 11.5 Å². The maximum atomic E-state index is 5.66. The molecule has 1 rings (SSSR count). The van der Waals surface area contributed by atoms with E-state index in [1.54, 1.807) is 24.5 Å². The molecular weight excluding hydrogens is 138 g/mol. The number of rotatable bonds is 2. The van der Waals surface area contributed by atoms with Crippen molar-refractivity contribution >= 4 is 5.69 Å². The molecule has 1 aromatic rings. The smallest absolute Gasteiger partial charge is 0.0514 e. The number of anilines is 1. The summed E-state index contributed by atoms with van der Waals surface area (Å²) >= 11 is 0. The highest BCUT2D eigenvalue weighted by molar-refractivity contribution is 5.47. The maximum absolute atomic E-state index is 5.66. The summed E-state index contributed by atoms with van der Waals surface area (Å²) in [6.45, 7) is 3.57. The first-order valence-electron chi connectivity index (χ1n) is 3.33. The van der Waals surface area contributed by atoms with Crippen molar-refractivity contribution in [2.45, 2.75) is 6.04 Å². The van der Waals surface area contributed by atoms with E-state index in [0.29, 0.717) is 5.69 Å². The van der Waals surface area contributed by atoms with Crippen molar-refractivity contribution in [3.05, 3.63) is 36.7 Å². The number of hydrogen-bond acceptors (Lipinski definition) is 3. The van der Waals surface area contributed by atoms with Gasteiger partial charge in [-0.25, -0.2) is 0 Å². The first-order valence-corrected chi connectivity index (χ1v) is 3.33. The Balaban J connectivity index is 3.02. The van der Waals surface area contributed by atoms with Gasteiger partial charge in [0.1, 0.15) is 0 Å². The van der Waals surface area contributed by atoms with Crippen molar-refractivity contribution in [1.29, 1.82) is 0 Å². The average Bonchev–Trinajstić information content (AvgIpc) is 2.04. The molecule has 0 unspecified atom stereocenters. The molecule has 0 aliphatic rings. The predicted octanol–water partition coefficient (Wildman–Crippen LogP) is 0.850. The van der Waals surface area contributed by atoms with Crippen LogP contribution < -0.4 is 11.5 Å². The van der Waals surface area contributed by atoms with Crippen LogP contribution in [0.4, 0.5) is 5.69 Å². The third-order valence-corrected chi connectivity index (χ3v) is 1.50. The van der Waals surface area contributed by atoms with Gasteiger partial charge in [0.2, 0.25) is 0 Å². The molecule has 1 heterocycles. The van der Waals surface area contributed by atoms with Crippen LogP contribution in [0.15, 0.2) is 31.1 Å². The van der Waals surface area contributed by atoms with Crippen molar-refractivity contribution in [3.8, 4) is 0 Å². The van der Waals surface area contributed by atoms with Crippen molar-refractivity contribution in [1.82, 2.24) is 4.98 Å². The Hall–Kier alpha value is -1.35. The normalized spacial score (nSPS) is 12.5. The van der Waals surface area contributed by atoms with Crippen LogP contribution in [-0.2, 0) is 0 Å². The Bertz CT molecular complexity index is 257. The quantitative estimate of drug-likeness (QED) is 0.612. The lowest BCUT2D eigenvalue weighted by molar-refractivity contribution is 0.908. The van der Waals surface area contributed by atoms with E-state index in [4.69, 9.17) is 11.5 Å². The molecule has 0 bridgehead atoms. The van der Waals surface area contributed by atoms with Gasteiger partial charge in [0.05, 0.1) is 6.04 Å². The lowest BCUT2D eigenvalue weighted by Gasteiger charge is -2.07. The summed E-state index contributed by atoms with van der Waals surface area (Å²) in [5.74, 6) is 0. The zero-order valence-electron chi connectivity index (χ0n) is 6.20. The highest BCUT2D eigenvalue weighted by Gasteiger charge is 2.03. The molecule has 0 aromatic carbocycles. The van der Waals surface area contributed by atoms with Crippen LogP contribution in [0.1, 0.15) is 11.6 Å². The summed E-state index contributed by atoms with van der Waals surface area (Å²) in [5.41, 5.74) is 12.8. The summed E-state index contributed by atoms with van der Waals surface area (Å²) in [5, 5.41) is 0. The van der Waals surface area contributed by atoms with E-state index in [2.05, 4.69) is 11.6 Å². The Morgan fingerprint density at radius 2 is 2.36 bits per heavy atom.